The average Bonchev–Trinajstić information content (AvgIpc) is 3.21. The molecule has 2 heterocycles. The Balaban J connectivity index is 0.000000476. The summed E-state index contributed by atoms with van der Waals surface area (Å²) >= 11 is 0.301. The number of ketones is 1. The van der Waals surface area contributed by atoms with Gasteiger partial charge in [0.05, 0.1) is 5.76 Å². The summed E-state index contributed by atoms with van der Waals surface area (Å²) in [4.78, 5) is 15.0. The zero-order chi connectivity index (χ0) is 24.8. The molecule has 2 aromatic heterocycles. The monoisotopic (exact) mass is 711 g/mol. The van der Waals surface area contributed by atoms with Gasteiger partial charge in [0.15, 0.2) is 5.78 Å². The Kier molecular flexibility index (Phi) is 10.9. The van der Waals surface area contributed by atoms with Crippen LogP contribution in [0.2, 0.25) is 0 Å². The molecule has 1 radical (unpaired) electrons. The Hall–Kier alpha value is -2.29. The van der Waals surface area contributed by atoms with Crippen LogP contribution in [-0.2, 0) is 24.9 Å². The van der Waals surface area contributed by atoms with Crippen molar-refractivity contribution in [1.29, 1.82) is 0 Å². The summed E-state index contributed by atoms with van der Waals surface area (Å²) < 4.78 is 2.85. The van der Waals surface area contributed by atoms with E-state index < -0.39 is 0 Å². The molecule has 0 atom stereocenters. The van der Waals surface area contributed by atoms with E-state index in [0.717, 1.165) is 16.8 Å². The van der Waals surface area contributed by atoms with Gasteiger partial charge in [-0.05, 0) is 13.8 Å². The number of rotatable bonds is 5. The van der Waals surface area contributed by atoms with Gasteiger partial charge in [0.25, 0.3) is 0 Å². The van der Waals surface area contributed by atoms with Crippen LogP contribution in [-0.4, -0.2) is 30.4 Å². The van der Waals surface area contributed by atoms with Gasteiger partial charge in [-0.1, -0.05) is 0 Å². The van der Waals surface area contributed by atoms with Crippen molar-refractivity contribution in [3.05, 3.63) is 89.7 Å². The number of aliphatic hydroxyl groups excluding tert-OH is 1. The number of carbonyl (C=O) groups excluding carboxylic acids is 1. The summed E-state index contributed by atoms with van der Waals surface area (Å²) in [6.45, 7) is 12.0. The van der Waals surface area contributed by atoms with E-state index in [4.69, 9.17) is 10.1 Å². The van der Waals surface area contributed by atoms with E-state index in [1.807, 2.05) is 18.2 Å². The number of benzene rings is 2. The second-order valence-electron chi connectivity index (χ2n) is 8.98. The maximum absolute atomic E-state index is 10.0. The first kappa shape index (κ1) is 28.9. The van der Waals surface area contributed by atoms with Crippen LogP contribution in [0.3, 0.4) is 0 Å². The van der Waals surface area contributed by atoms with E-state index in [0.29, 0.717) is 26.3 Å². The van der Waals surface area contributed by atoms with Crippen LogP contribution in [0, 0.1) is 6.07 Å². The normalized spacial score (nSPS) is 11.3. The molecule has 2 aromatic carbocycles. The number of hydrogen-bond donors (Lipinski definition) is 1. The summed E-state index contributed by atoms with van der Waals surface area (Å²) in [5.41, 5.74) is 7.57. The minimum Gasteiger partial charge on any atom is 0 e. The fourth-order valence-corrected chi connectivity index (χ4v) is 6.17. The van der Waals surface area contributed by atoms with Gasteiger partial charge in [-0.2, -0.15) is 0 Å². The smallest absolute Gasteiger partial charge is 0 e. The van der Waals surface area contributed by atoms with Crippen LogP contribution in [0.5, 0.6) is 0 Å². The molecule has 0 saturated carbocycles. The van der Waals surface area contributed by atoms with Gasteiger partial charge >= 0.3 is 168 Å². The largest absolute Gasteiger partial charge is 0 e. The van der Waals surface area contributed by atoms with E-state index in [9.17, 15) is 4.79 Å². The van der Waals surface area contributed by atoms with E-state index in [1.54, 1.807) is 0 Å². The molecule has 0 amide bonds. The van der Waals surface area contributed by atoms with Gasteiger partial charge in [-0.3, -0.25) is 4.79 Å². The fourth-order valence-electron chi connectivity index (χ4n) is 3.88. The van der Waals surface area contributed by atoms with Gasteiger partial charge < -0.3 is 5.11 Å². The van der Waals surface area contributed by atoms with Crippen molar-refractivity contribution < 1.29 is 30.0 Å². The second kappa shape index (κ2) is 13.1. The standard InChI is InChI=1S/C25H24NSe.C5H8O2.Ir/c1-16(2)19-11-8-12-20(17(3)4)25(19)24-15-22-23(27-24)14-13-21(26-22)18-9-6-5-7-10-18;1-4(6)3-5(2)7;/h5-9,11-17H,1-4H3;3,6H,1-2H3;/q-1;;/b;4-3-;. The second-order valence-corrected chi connectivity index (χ2v) is 11.3. The molecule has 0 unspecified atom stereocenters. The Morgan fingerprint density at radius 2 is 1.63 bits per heavy atom. The van der Waals surface area contributed by atoms with Gasteiger partial charge in [-0.15, -0.1) is 0 Å². The molecule has 0 aliphatic rings. The minimum atomic E-state index is -0.125. The molecule has 185 valence electrons. The van der Waals surface area contributed by atoms with Crippen LogP contribution < -0.4 is 0 Å². The first-order valence-corrected chi connectivity index (χ1v) is 13.3. The quantitative estimate of drug-likeness (QED) is 0.100. The van der Waals surface area contributed by atoms with Crippen molar-refractivity contribution in [3.63, 3.8) is 0 Å². The van der Waals surface area contributed by atoms with E-state index in [-0.39, 0.29) is 31.6 Å². The number of aliphatic hydroxyl groups is 1. The predicted octanol–water partition coefficient (Wildman–Crippen LogP) is 7.71. The number of hydrogen-bond acceptors (Lipinski definition) is 3. The Labute approximate surface area is 228 Å². The van der Waals surface area contributed by atoms with Crippen molar-refractivity contribution in [2.24, 2.45) is 0 Å². The molecular formula is C30H32IrNO2Se-. The molecule has 0 aliphatic carbocycles. The molecule has 1 N–H and O–H groups in total. The van der Waals surface area contributed by atoms with Crippen LogP contribution >= 0.6 is 0 Å². The molecule has 0 aliphatic heterocycles. The fraction of sp³-hybridized carbons (Fsp3) is 0.267. The van der Waals surface area contributed by atoms with Crippen molar-refractivity contribution in [2.75, 3.05) is 0 Å². The summed E-state index contributed by atoms with van der Waals surface area (Å²) in [5.74, 6) is 0.968. The Morgan fingerprint density at radius 1 is 0.971 bits per heavy atom. The van der Waals surface area contributed by atoms with E-state index in [2.05, 4.69) is 76.2 Å². The number of aromatic nitrogens is 1. The molecule has 4 aromatic rings. The third-order valence-corrected chi connectivity index (χ3v) is 7.71. The molecule has 4 rings (SSSR count). The maximum Gasteiger partial charge on any atom is 0 e. The minimum absolute atomic E-state index is 0. The molecule has 3 nitrogen and oxygen atoms in total. The third-order valence-electron chi connectivity index (χ3n) is 5.39. The SMILES string of the molecule is CC(=O)/C=C(/C)O.CC(C)c1cccc(C(C)C)c1-c1cc2nc(-c3[c-]cccc3)ccc2[se]1.[Ir]. The predicted molar refractivity (Wildman–Crippen MR) is 144 cm³/mol. The molecule has 0 bridgehead atoms. The van der Waals surface area contributed by atoms with Gasteiger partial charge in [0.2, 0.25) is 0 Å². The van der Waals surface area contributed by atoms with E-state index in [1.165, 1.54) is 45.3 Å². The van der Waals surface area contributed by atoms with Crippen LogP contribution in [0.15, 0.2) is 72.5 Å². The molecule has 0 saturated heterocycles. The Bertz CT molecular complexity index is 1280. The Morgan fingerprint density at radius 3 is 2.11 bits per heavy atom. The van der Waals surface area contributed by atoms with Crippen molar-refractivity contribution in [3.8, 4) is 21.3 Å². The summed E-state index contributed by atoms with van der Waals surface area (Å²) in [5, 5.41) is 8.36. The number of carbonyl (C=O) groups is 1. The van der Waals surface area contributed by atoms with Crippen molar-refractivity contribution in [2.45, 2.75) is 53.4 Å². The van der Waals surface area contributed by atoms with Gasteiger partial charge in [-0.25, -0.2) is 0 Å². The number of allylic oxidation sites excluding steroid dienone is 2. The van der Waals surface area contributed by atoms with E-state index >= 15 is 0 Å². The maximum atomic E-state index is 10.0. The summed E-state index contributed by atoms with van der Waals surface area (Å²) in [7, 11) is 0. The molecule has 5 heteroatoms. The van der Waals surface area contributed by atoms with Crippen LogP contribution in [0.1, 0.15) is 64.5 Å². The molecule has 0 spiro atoms. The number of nitrogens with zero attached hydrogens (tertiary/aromatic N) is 1. The first-order valence-electron chi connectivity index (χ1n) is 11.6. The molecule has 35 heavy (non-hydrogen) atoms. The van der Waals surface area contributed by atoms with Crippen LogP contribution in [0.25, 0.3) is 31.0 Å². The summed E-state index contributed by atoms with van der Waals surface area (Å²) in [6.07, 6.45) is 1.17. The zero-order valence-electron chi connectivity index (χ0n) is 21.0. The topological polar surface area (TPSA) is 50.2 Å². The number of fused-ring (bicyclic) bond motifs is 1. The summed E-state index contributed by atoms with van der Waals surface area (Å²) in [6, 6.07) is 24.9. The third kappa shape index (κ3) is 7.59. The van der Waals surface area contributed by atoms with Crippen molar-refractivity contribution in [1.82, 2.24) is 4.98 Å². The first-order chi connectivity index (χ1) is 16.2. The van der Waals surface area contributed by atoms with Gasteiger partial charge in [0.1, 0.15) is 0 Å². The van der Waals surface area contributed by atoms with Crippen molar-refractivity contribution >= 4 is 30.1 Å². The van der Waals surface area contributed by atoms with Crippen LogP contribution in [0.4, 0.5) is 0 Å². The molecular weight excluding hydrogens is 678 g/mol. The zero-order valence-corrected chi connectivity index (χ0v) is 25.2. The average molecular weight is 710 g/mol. The molecule has 0 fully saturated rings. The number of pyridine rings is 1. The van der Waals surface area contributed by atoms with Gasteiger partial charge in [0, 0.05) is 26.2 Å².